The summed E-state index contributed by atoms with van der Waals surface area (Å²) in [5, 5.41) is 26.2. The number of hydrogen-bond acceptors (Lipinski definition) is 8. The zero-order valence-corrected chi connectivity index (χ0v) is 20.9. The van der Waals surface area contributed by atoms with Crippen molar-refractivity contribution in [3.8, 4) is 0 Å². The second-order valence-electron chi connectivity index (χ2n) is 8.87. The highest BCUT2D eigenvalue weighted by atomic mass is 16.4. The van der Waals surface area contributed by atoms with Crippen molar-refractivity contribution in [3.63, 3.8) is 0 Å². The van der Waals surface area contributed by atoms with Gasteiger partial charge >= 0.3 is 5.97 Å². The molecule has 0 aliphatic carbocycles. The molecular weight excluding hydrogens is 476 g/mol. The number of carbonyl (C=O) groups excluding carboxylic acids is 4. The topological polar surface area (TPSA) is 278 Å². The number of carbonyl (C=O) groups is 5. The van der Waals surface area contributed by atoms with Crippen LogP contribution >= 0.6 is 0 Å². The van der Waals surface area contributed by atoms with Gasteiger partial charge in [-0.25, -0.2) is 4.79 Å². The largest absolute Gasteiger partial charge is 0.480 e. The third-order valence-corrected chi connectivity index (χ3v) is 5.03. The molecule has 0 aromatic rings. The van der Waals surface area contributed by atoms with Crippen LogP contribution in [-0.4, -0.2) is 82.6 Å². The lowest BCUT2D eigenvalue weighted by Gasteiger charge is -2.25. The Morgan fingerprint density at radius 3 is 1.78 bits per heavy atom. The Hall–Kier alpha value is -3.46. The molecule has 206 valence electrons. The van der Waals surface area contributed by atoms with Gasteiger partial charge in [-0.3, -0.25) is 24.2 Å². The molecule has 13 N–H and O–H groups in total. The van der Waals surface area contributed by atoms with Crippen molar-refractivity contribution >= 4 is 35.6 Å². The van der Waals surface area contributed by atoms with Crippen LogP contribution in [0.5, 0.6) is 0 Å². The molecule has 4 amide bonds. The first-order valence-corrected chi connectivity index (χ1v) is 11.6. The van der Waals surface area contributed by atoms with Crippen LogP contribution in [0.1, 0.15) is 52.9 Å². The van der Waals surface area contributed by atoms with Gasteiger partial charge in [0.2, 0.25) is 23.6 Å². The molecule has 0 saturated heterocycles. The van der Waals surface area contributed by atoms with E-state index in [4.69, 9.17) is 22.9 Å². The Bertz CT molecular complexity index is 799. The second kappa shape index (κ2) is 16.3. The Morgan fingerprint density at radius 2 is 1.33 bits per heavy atom. The Morgan fingerprint density at radius 1 is 0.833 bits per heavy atom. The molecule has 15 heteroatoms. The van der Waals surface area contributed by atoms with Gasteiger partial charge < -0.3 is 49.1 Å². The number of nitrogens with one attached hydrogen (secondary N) is 3. The number of nitrogens with two attached hydrogens (primary N) is 4. The molecule has 0 heterocycles. The smallest absolute Gasteiger partial charge is 0.326 e. The lowest BCUT2D eigenvalue weighted by Crippen LogP contribution is -2.58. The second-order valence-corrected chi connectivity index (χ2v) is 8.87. The average molecular weight is 517 g/mol. The van der Waals surface area contributed by atoms with Gasteiger partial charge in [-0.2, -0.15) is 0 Å². The number of hydrogen-bond donors (Lipinski definition) is 9. The number of aliphatic carboxylic acids is 1. The molecule has 0 aliphatic heterocycles. The summed E-state index contributed by atoms with van der Waals surface area (Å²) in [6.45, 7) is 5.01. The quantitative estimate of drug-likeness (QED) is 0.0524. The SMILES string of the molecule is CC(C)CC(NC(=O)C(CCC(N)=O)NC(=O)C(CCCN=C(N)N)NC(=O)C(N)C(C)O)C(=O)O. The molecule has 36 heavy (non-hydrogen) atoms. The Balaban J connectivity index is 5.68. The minimum atomic E-state index is -1.32. The van der Waals surface area contributed by atoms with Gasteiger partial charge in [0.05, 0.1) is 6.10 Å². The molecule has 0 bridgehead atoms. The van der Waals surface area contributed by atoms with Gasteiger partial charge in [-0.15, -0.1) is 0 Å². The molecule has 0 fully saturated rings. The summed E-state index contributed by atoms with van der Waals surface area (Å²) in [4.78, 5) is 64.8. The van der Waals surface area contributed by atoms with Gasteiger partial charge in [0, 0.05) is 13.0 Å². The van der Waals surface area contributed by atoms with Gasteiger partial charge in [0.1, 0.15) is 24.2 Å². The summed E-state index contributed by atoms with van der Waals surface area (Å²) in [5.41, 5.74) is 21.4. The van der Waals surface area contributed by atoms with Crippen LogP contribution in [-0.2, 0) is 24.0 Å². The van der Waals surface area contributed by atoms with Crippen LogP contribution in [0.15, 0.2) is 4.99 Å². The summed E-state index contributed by atoms with van der Waals surface area (Å²) >= 11 is 0. The molecule has 0 saturated carbocycles. The first kappa shape index (κ1) is 32.5. The van der Waals surface area contributed by atoms with Crippen LogP contribution in [0.4, 0.5) is 0 Å². The molecule has 0 rings (SSSR count). The van der Waals surface area contributed by atoms with Crippen LogP contribution < -0.4 is 38.9 Å². The summed E-state index contributed by atoms with van der Waals surface area (Å²) in [6.07, 6.45) is -1.24. The van der Waals surface area contributed by atoms with Gasteiger partial charge in [0.15, 0.2) is 5.96 Å². The third kappa shape index (κ3) is 13.4. The summed E-state index contributed by atoms with van der Waals surface area (Å²) < 4.78 is 0. The fourth-order valence-corrected chi connectivity index (χ4v) is 3.05. The molecule has 0 aliphatic rings. The van der Waals surface area contributed by atoms with Gasteiger partial charge in [-0.1, -0.05) is 13.8 Å². The first-order valence-electron chi connectivity index (χ1n) is 11.6. The molecule has 0 radical (unpaired) electrons. The van der Waals surface area contributed by atoms with E-state index in [-0.39, 0.29) is 50.5 Å². The first-order chi connectivity index (χ1) is 16.6. The van der Waals surface area contributed by atoms with Crippen molar-refractivity contribution < 1.29 is 34.2 Å². The number of rotatable bonds is 17. The standard InChI is InChI=1S/C21H40N8O7/c1-10(2)9-14(20(35)36)29-18(33)13(6-7-15(22)31)27-17(32)12(5-4-8-26-21(24)25)28-19(34)16(23)11(3)30/h10-14,16,30H,4-9,23H2,1-3H3,(H2,22,31)(H,27,32)(H,28,34)(H,29,33)(H,35,36)(H4,24,25,26). The number of aliphatic hydroxyl groups excluding tert-OH is 1. The monoisotopic (exact) mass is 516 g/mol. The zero-order chi connectivity index (χ0) is 28.0. The van der Waals surface area contributed by atoms with Crippen molar-refractivity contribution in [3.05, 3.63) is 0 Å². The van der Waals surface area contributed by atoms with Gasteiger partial charge in [-0.05, 0) is 38.5 Å². The van der Waals surface area contributed by atoms with E-state index in [0.29, 0.717) is 0 Å². The summed E-state index contributed by atoms with van der Waals surface area (Å²) in [6, 6.07) is -5.06. The van der Waals surface area contributed by atoms with E-state index in [1.165, 1.54) is 6.92 Å². The fourth-order valence-electron chi connectivity index (χ4n) is 3.05. The number of aliphatic hydroxyl groups is 1. The molecule has 5 atom stereocenters. The molecular formula is C21H40N8O7. The van der Waals surface area contributed by atoms with E-state index in [0.717, 1.165) is 0 Å². The normalized spacial score (nSPS) is 15.1. The summed E-state index contributed by atoms with van der Waals surface area (Å²) in [7, 11) is 0. The van der Waals surface area contributed by atoms with Crippen LogP contribution in [0.3, 0.4) is 0 Å². The fraction of sp³-hybridized carbons (Fsp3) is 0.714. The predicted molar refractivity (Wildman–Crippen MR) is 131 cm³/mol. The number of nitrogens with zero attached hydrogens (tertiary/aromatic N) is 1. The maximum Gasteiger partial charge on any atom is 0.326 e. The van der Waals surface area contributed by atoms with Crippen molar-refractivity contribution in [1.82, 2.24) is 16.0 Å². The maximum absolute atomic E-state index is 13.0. The molecule has 0 spiro atoms. The van der Waals surface area contributed by atoms with Gasteiger partial charge in [0.25, 0.3) is 0 Å². The van der Waals surface area contributed by atoms with Crippen molar-refractivity contribution in [1.29, 1.82) is 0 Å². The zero-order valence-electron chi connectivity index (χ0n) is 20.9. The minimum Gasteiger partial charge on any atom is -0.480 e. The maximum atomic E-state index is 13.0. The van der Waals surface area contributed by atoms with E-state index >= 15 is 0 Å². The molecule has 0 aromatic carbocycles. The molecule has 5 unspecified atom stereocenters. The number of guanidine groups is 1. The molecule has 0 aromatic heterocycles. The van der Waals surface area contributed by atoms with Crippen LogP contribution in [0.25, 0.3) is 0 Å². The number of primary amides is 1. The highest BCUT2D eigenvalue weighted by molar-refractivity contribution is 5.94. The summed E-state index contributed by atoms with van der Waals surface area (Å²) in [5.74, 6) is -4.64. The molecule has 15 nitrogen and oxygen atoms in total. The minimum absolute atomic E-state index is 0.0378. The van der Waals surface area contributed by atoms with E-state index in [1.807, 2.05) is 0 Å². The Labute approximate surface area is 209 Å². The van der Waals surface area contributed by atoms with E-state index in [2.05, 4.69) is 20.9 Å². The van der Waals surface area contributed by atoms with Crippen molar-refractivity contribution in [2.45, 2.75) is 83.1 Å². The highest BCUT2D eigenvalue weighted by Crippen LogP contribution is 2.08. The Kier molecular flexibility index (Phi) is 14.7. The van der Waals surface area contributed by atoms with Crippen LogP contribution in [0.2, 0.25) is 0 Å². The van der Waals surface area contributed by atoms with Crippen molar-refractivity contribution in [2.75, 3.05) is 6.54 Å². The lowest BCUT2D eigenvalue weighted by molar-refractivity contribution is -0.143. The van der Waals surface area contributed by atoms with E-state index in [9.17, 15) is 34.2 Å². The number of amides is 4. The lowest BCUT2D eigenvalue weighted by atomic mass is 10.0. The third-order valence-electron chi connectivity index (χ3n) is 5.03. The number of carboxylic acid groups (broad SMARTS) is 1. The van der Waals surface area contributed by atoms with Crippen molar-refractivity contribution in [2.24, 2.45) is 33.8 Å². The van der Waals surface area contributed by atoms with Crippen LogP contribution in [0, 0.1) is 5.92 Å². The number of aliphatic imine (C=N–C) groups is 1. The van der Waals surface area contributed by atoms with E-state index in [1.54, 1.807) is 13.8 Å². The highest BCUT2D eigenvalue weighted by Gasteiger charge is 2.31. The predicted octanol–water partition coefficient (Wildman–Crippen LogP) is -3.40. The van der Waals surface area contributed by atoms with E-state index < -0.39 is 59.9 Å². The number of carboxylic acids is 1. The average Bonchev–Trinajstić information content (AvgIpc) is 2.76.